The Morgan fingerprint density at radius 2 is 1.90 bits per heavy atom. The van der Waals surface area contributed by atoms with E-state index in [0.29, 0.717) is 6.07 Å². The Balaban J connectivity index is 2.20. The summed E-state index contributed by atoms with van der Waals surface area (Å²) in [6.45, 7) is 1.30. The lowest BCUT2D eigenvalue weighted by molar-refractivity contribution is -0.277. The third-order valence-electron chi connectivity index (χ3n) is 4.59. The minimum atomic E-state index is -5.24. The van der Waals surface area contributed by atoms with Crippen molar-refractivity contribution in [3.8, 4) is 17.5 Å². The van der Waals surface area contributed by atoms with E-state index < -0.39 is 77.3 Å². The van der Waals surface area contributed by atoms with E-state index in [1.54, 1.807) is 0 Å². The van der Waals surface area contributed by atoms with Crippen LogP contribution >= 0.6 is 0 Å². The zero-order chi connectivity index (χ0) is 23.2. The number of carbonyl (C=O) groups is 1. The number of nitrogens with zero attached hydrogens (tertiary/aromatic N) is 3. The summed E-state index contributed by atoms with van der Waals surface area (Å²) in [7, 11) is 0. The van der Waals surface area contributed by atoms with Crippen molar-refractivity contribution in [2.24, 2.45) is 0 Å². The van der Waals surface area contributed by atoms with Gasteiger partial charge in [0.15, 0.2) is 5.69 Å². The van der Waals surface area contributed by atoms with Gasteiger partial charge >= 0.3 is 12.4 Å². The Bertz CT molecular complexity index is 990. The molecule has 4 bridgehead atoms. The number of hydrogen-bond acceptors (Lipinski definition) is 8. The summed E-state index contributed by atoms with van der Waals surface area (Å²) in [5.74, 6) is -3.53. The Kier molecular flexibility index (Phi) is 5.63. The van der Waals surface area contributed by atoms with E-state index in [1.165, 1.54) is 6.92 Å². The average Bonchev–Trinajstić information content (AvgIpc) is 3.10. The molecule has 0 spiro atoms. The minimum absolute atomic E-state index is 0.387. The van der Waals surface area contributed by atoms with Crippen LogP contribution in [-0.2, 0) is 16.6 Å². The third kappa shape index (κ3) is 4.43. The van der Waals surface area contributed by atoms with Gasteiger partial charge in [-0.3, -0.25) is 4.79 Å². The Hall–Kier alpha value is -2.90. The molecule has 0 aromatic carbocycles. The quantitative estimate of drug-likeness (QED) is 0.581. The molecule has 0 unspecified atom stereocenters. The molecule has 2 atom stereocenters. The zero-order valence-corrected chi connectivity index (χ0v) is 15.8. The number of nitrogens with two attached hydrogens (primary N) is 1. The largest absolute Gasteiger partial charge is 0.474 e. The molecule has 0 fully saturated rings. The number of rotatable bonds is 0. The van der Waals surface area contributed by atoms with E-state index in [0.717, 1.165) is 0 Å². The molecule has 1 aliphatic rings. The fraction of sp³-hybridized carbons (Fsp3) is 0.529. The van der Waals surface area contributed by atoms with E-state index >= 15 is 0 Å². The van der Waals surface area contributed by atoms with Gasteiger partial charge in [-0.25, -0.2) is 4.98 Å². The second kappa shape index (κ2) is 7.66. The number of Topliss-reactive ketones (excluding diaryl/α,β-unsaturated/α-hetero) is 1. The summed E-state index contributed by atoms with van der Waals surface area (Å²) in [6, 6.07) is 0.456. The van der Waals surface area contributed by atoms with Gasteiger partial charge in [0.1, 0.15) is 17.5 Å². The standard InChI is InChI=1S/C17H16F6N4O4/c1-7-5-8(28)3-2-4-15(29,17(21,22)23)14-27-26-13(31-14)11-10(24)6-9(16(18,19)20)12(25-11)30-7/h6-7,29H,2-5,24H2,1H3/t7-,15-/m1/s1. The Morgan fingerprint density at radius 1 is 1.23 bits per heavy atom. The number of alkyl halides is 6. The van der Waals surface area contributed by atoms with E-state index in [1.807, 2.05) is 0 Å². The van der Waals surface area contributed by atoms with Crippen LogP contribution < -0.4 is 10.5 Å². The molecular formula is C17H16F6N4O4. The van der Waals surface area contributed by atoms with Crippen LogP contribution in [0.15, 0.2) is 10.5 Å². The van der Waals surface area contributed by atoms with Crippen molar-refractivity contribution in [2.45, 2.75) is 56.7 Å². The molecule has 0 saturated heterocycles. The molecule has 170 valence electrons. The predicted molar refractivity (Wildman–Crippen MR) is 90.5 cm³/mol. The Labute approximate surface area is 170 Å². The number of hydrogen-bond donors (Lipinski definition) is 2. The van der Waals surface area contributed by atoms with Crippen LogP contribution in [0.5, 0.6) is 5.88 Å². The molecule has 0 amide bonds. The van der Waals surface area contributed by atoms with Gasteiger partial charge in [-0.15, -0.1) is 10.2 Å². The average molecular weight is 454 g/mol. The first-order chi connectivity index (χ1) is 14.2. The molecule has 2 aromatic rings. The lowest BCUT2D eigenvalue weighted by Gasteiger charge is -2.27. The highest BCUT2D eigenvalue weighted by molar-refractivity contribution is 5.78. The highest BCUT2D eigenvalue weighted by Gasteiger charge is 2.58. The highest BCUT2D eigenvalue weighted by atomic mass is 19.4. The number of anilines is 1. The Morgan fingerprint density at radius 3 is 2.52 bits per heavy atom. The lowest BCUT2D eigenvalue weighted by atomic mass is 9.94. The van der Waals surface area contributed by atoms with Crippen molar-refractivity contribution in [1.29, 1.82) is 0 Å². The molecule has 14 heteroatoms. The predicted octanol–water partition coefficient (Wildman–Crippen LogP) is 3.39. The monoisotopic (exact) mass is 454 g/mol. The zero-order valence-electron chi connectivity index (χ0n) is 15.8. The summed E-state index contributed by atoms with van der Waals surface area (Å²) in [5, 5.41) is 16.8. The molecule has 8 nitrogen and oxygen atoms in total. The molecule has 0 aliphatic carbocycles. The van der Waals surface area contributed by atoms with Gasteiger partial charge in [0.2, 0.25) is 11.5 Å². The van der Waals surface area contributed by atoms with E-state index in [-0.39, 0.29) is 12.8 Å². The van der Waals surface area contributed by atoms with Crippen molar-refractivity contribution in [3.63, 3.8) is 0 Å². The molecule has 0 radical (unpaired) electrons. The summed E-state index contributed by atoms with van der Waals surface area (Å²) in [6.07, 6.45) is -13.4. The molecule has 2 aromatic heterocycles. The first-order valence-electron chi connectivity index (χ1n) is 8.92. The molecule has 3 N–H and O–H groups in total. The topological polar surface area (TPSA) is 124 Å². The summed E-state index contributed by atoms with van der Waals surface area (Å²) in [5.41, 5.74) is -0.528. The first-order valence-corrected chi connectivity index (χ1v) is 8.92. The van der Waals surface area contributed by atoms with Crippen molar-refractivity contribution in [2.75, 3.05) is 5.73 Å². The number of nitrogen functional groups attached to an aromatic ring is 1. The van der Waals surface area contributed by atoms with Crippen molar-refractivity contribution in [3.05, 3.63) is 17.5 Å². The molecule has 31 heavy (non-hydrogen) atoms. The molecular weight excluding hydrogens is 438 g/mol. The van der Waals surface area contributed by atoms with Crippen LogP contribution in [0.3, 0.4) is 0 Å². The van der Waals surface area contributed by atoms with Gasteiger partial charge in [-0.05, 0) is 25.8 Å². The highest BCUT2D eigenvalue weighted by Crippen LogP contribution is 2.44. The molecule has 1 aliphatic heterocycles. The number of aromatic nitrogens is 3. The number of ether oxygens (including phenoxy) is 1. The molecule has 3 heterocycles. The molecule has 0 saturated carbocycles. The van der Waals surface area contributed by atoms with Gasteiger partial charge in [-0.1, -0.05) is 0 Å². The number of ketones is 1. The minimum Gasteiger partial charge on any atom is -0.474 e. The van der Waals surface area contributed by atoms with E-state index in [4.69, 9.17) is 14.9 Å². The number of halogens is 6. The smallest absolute Gasteiger partial charge is 0.426 e. The fourth-order valence-corrected chi connectivity index (χ4v) is 3.03. The number of fused-ring (bicyclic) bond motifs is 5. The SMILES string of the molecule is C[C@@H]1CC(=O)CCC[C@](O)(C(F)(F)F)c2nnc(o2)-c2nc(c(C(F)(F)F)cc2N)O1. The second-order valence-corrected chi connectivity index (χ2v) is 7.07. The number of aliphatic hydroxyl groups is 1. The summed E-state index contributed by atoms with van der Waals surface area (Å²) >= 11 is 0. The first kappa shape index (κ1) is 22.8. The van der Waals surface area contributed by atoms with Crippen LogP contribution in [0.25, 0.3) is 11.6 Å². The lowest BCUT2D eigenvalue weighted by Crippen LogP contribution is -2.42. The van der Waals surface area contributed by atoms with Gasteiger partial charge in [0, 0.05) is 12.8 Å². The summed E-state index contributed by atoms with van der Waals surface area (Å²) in [4.78, 5) is 15.7. The van der Waals surface area contributed by atoms with Crippen LogP contribution in [0, 0.1) is 0 Å². The number of pyridine rings is 1. The van der Waals surface area contributed by atoms with Gasteiger partial charge in [-0.2, -0.15) is 26.3 Å². The van der Waals surface area contributed by atoms with Gasteiger partial charge in [0.05, 0.1) is 5.69 Å². The second-order valence-electron chi connectivity index (χ2n) is 7.07. The van der Waals surface area contributed by atoms with Crippen LogP contribution in [-0.4, -0.2) is 38.4 Å². The van der Waals surface area contributed by atoms with Gasteiger partial charge in [0.25, 0.3) is 11.8 Å². The van der Waals surface area contributed by atoms with E-state index in [9.17, 15) is 36.2 Å². The van der Waals surface area contributed by atoms with Gasteiger partial charge < -0.3 is 20.0 Å². The van der Waals surface area contributed by atoms with E-state index in [2.05, 4.69) is 15.2 Å². The third-order valence-corrected chi connectivity index (χ3v) is 4.59. The summed E-state index contributed by atoms with van der Waals surface area (Å²) < 4.78 is 91.0. The molecule has 3 rings (SSSR count). The maximum absolute atomic E-state index is 13.6. The fourth-order valence-electron chi connectivity index (χ4n) is 3.03. The van der Waals surface area contributed by atoms with Crippen LogP contribution in [0.4, 0.5) is 32.0 Å². The normalized spacial score (nSPS) is 23.2. The van der Waals surface area contributed by atoms with Crippen LogP contribution in [0.2, 0.25) is 0 Å². The van der Waals surface area contributed by atoms with Crippen LogP contribution in [0.1, 0.15) is 44.1 Å². The maximum atomic E-state index is 13.6. The number of carbonyl (C=O) groups excluding carboxylic acids is 1. The van der Waals surface area contributed by atoms with Crippen molar-refractivity contribution >= 4 is 11.5 Å². The van der Waals surface area contributed by atoms with Crippen molar-refractivity contribution < 1.29 is 45.4 Å². The maximum Gasteiger partial charge on any atom is 0.426 e. The van der Waals surface area contributed by atoms with Crippen molar-refractivity contribution in [1.82, 2.24) is 15.2 Å².